The summed E-state index contributed by atoms with van der Waals surface area (Å²) in [7, 11) is -1.11. The van der Waals surface area contributed by atoms with Crippen molar-refractivity contribution < 1.29 is 24.4 Å². The zero-order valence-electron chi connectivity index (χ0n) is 4.36. The van der Waals surface area contributed by atoms with Gasteiger partial charge < -0.3 is 0 Å². The molecule has 0 atom stereocenters. The van der Waals surface area contributed by atoms with Crippen molar-refractivity contribution in [1.29, 1.82) is 0 Å². The van der Waals surface area contributed by atoms with E-state index >= 15 is 0 Å². The molecule has 0 rings (SSSR count). The number of hydrogen-bond acceptors (Lipinski definition) is 1. The van der Waals surface area contributed by atoms with E-state index in [1.54, 1.807) is 0 Å². The van der Waals surface area contributed by atoms with E-state index in [2.05, 4.69) is 19.6 Å². The van der Waals surface area contributed by atoms with Crippen LogP contribution in [0.25, 0.3) is 0 Å². The summed E-state index contributed by atoms with van der Waals surface area (Å²) >= 11 is 1.46. The van der Waals surface area contributed by atoms with Gasteiger partial charge in [-0.25, -0.2) is 0 Å². The first-order chi connectivity index (χ1) is 2.56. The van der Waals surface area contributed by atoms with Gasteiger partial charge in [-0.15, -0.1) is 0 Å². The zero-order valence-corrected chi connectivity index (χ0v) is 7.55. The van der Waals surface area contributed by atoms with Gasteiger partial charge in [0.25, 0.3) is 0 Å². The minimum absolute atomic E-state index is 1.11. The van der Waals surface area contributed by atoms with E-state index in [0.29, 0.717) is 0 Å². The molecule has 0 aromatic carbocycles. The molecule has 0 fully saturated rings. The van der Waals surface area contributed by atoms with Crippen LogP contribution < -0.4 is 0 Å². The fraction of sp³-hybridized carbons (Fsp3) is 1.00. The van der Waals surface area contributed by atoms with Crippen molar-refractivity contribution in [2.45, 2.75) is 19.6 Å². The third kappa shape index (κ3) is 4.92. The van der Waals surface area contributed by atoms with E-state index in [0.717, 1.165) is 0 Å². The van der Waals surface area contributed by atoms with E-state index in [1.165, 1.54) is 21.5 Å². The van der Waals surface area contributed by atoms with Gasteiger partial charge in [-0.1, -0.05) is 0 Å². The maximum absolute atomic E-state index is 5.13. The van der Waals surface area contributed by atoms with Crippen molar-refractivity contribution in [3.05, 3.63) is 0 Å². The van der Waals surface area contributed by atoms with Crippen LogP contribution in [-0.4, -0.2) is 8.32 Å². The van der Waals surface area contributed by atoms with Crippen molar-refractivity contribution in [3.8, 4) is 0 Å². The standard InChI is InChI=1S/C3H9OSi.Nb/c1-5(2,3)4;/h1-3H3;/q-1;+1. The number of rotatable bonds is 1. The van der Waals surface area contributed by atoms with Crippen LogP contribution in [0.5, 0.6) is 0 Å². The van der Waals surface area contributed by atoms with Crippen molar-refractivity contribution in [2.75, 3.05) is 0 Å². The molecule has 0 saturated carbocycles. The Morgan fingerprint density at radius 2 is 1.50 bits per heavy atom. The van der Waals surface area contributed by atoms with E-state index in [4.69, 9.17) is 2.93 Å². The minimum atomic E-state index is -1.11. The van der Waals surface area contributed by atoms with Gasteiger partial charge in [-0.3, -0.25) is 0 Å². The molecule has 0 saturated heterocycles. The Kier molecular flexibility index (Phi) is 2.63. The quantitative estimate of drug-likeness (QED) is 0.555. The molecule has 0 aromatic rings. The van der Waals surface area contributed by atoms with E-state index in [9.17, 15) is 0 Å². The summed E-state index contributed by atoms with van der Waals surface area (Å²) in [6.45, 7) is 6.52. The van der Waals surface area contributed by atoms with Crippen LogP contribution in [0.3, 0.4) is 0 Å². The van der Waals surface area contributed by atoms with Crippen molar-refractivity contribution in [1.82, 2.24) is 0 Å². The first-order valence-electron chi connectivity index (χ1n) is 1.89. The van der Waals surface area contributed by atoms with Gasteiger partial charge in [0.1, 0.15) is 0 Å². The Morgan fingerprint density at radius 1 is 1.33 bits per heavy atom. The SMILES string of the molecule is C[Si](C)(C)[O][Nb]. The Bertz CT molecular complexity index is 40.5. The predicted molar refractivity (Wildman–Crippen MR) is 24.4 cm³/mol. The molecule has 0 amide bonds. The first-order valence-corrected chi connectivity index (χ1v) is 6.19. The van der Waals surface area contributed by atoms with Gasteiger partial charge in [0.05, 0.1) is 0 Å². The molecule has 0 aromatic heterocycles. The molecule has 0 aliphatic rings. The second-order valence-electron chi connectivity index (χ2n) is 2.20. The van der Waals surface area contributed by atoms with Crippen LogP contribution in [0.15, 0.2) is 0 Å². The second-order valence-corrected chi connectivity index (χ2v) is 7.96. The summed E-state index contributed by atoms with van der Waals surface area (Å²) in [5.41, 5.74) is 0. The maximum atomic E-state index is 5.13. The topological polar surface area (TPSA) is 9.23 Å². The normalized spacial score (nSPS) is 11.8. The molecule has 3 heteroatoms. The molecule has 0 heterocycles. The Labute approximate surface area is 52.6 Å². The van der Waals surface area contributed by atoms with Crippen LogP contribution in [0.2, 0.25) is 19.6 Å². The first kappa shape index (κ1) is 6.92. The summed E-state index contributed by atoms with van der Waals surface area (Å²) < 4.78 is 5.13. The van der Waals surface area contributed by atoms with Crippen molar-refractivity contribution >= 4 is 8.32 Å². The van der Waals surface area contributed by atoms with Crippen molar-refractivity contribution in [3.63, 3.8) is 0 Å². The number of hydrogen-bond donors (Lipinski definition) is 0. The van der Waals surface area contributed by atoms with Crippen LogP contribution >= 0.6 is 0 Å². The second kappa shape index (κ2) is 2.28. The average Bonchev–Trinajstić information content (AvgIpc) is 1.35. The molecule has 6 heavy (non-hydrogen) atoms. The van der Waals surface area contributed by atoms with Crippen LogP contribution in [-0.2, 0) is 24.4 Å². The summed E-state index contributed by atoms with van der Waals surface area (Å²) in [5, 5.41) is 0. The summed E-state index contributed by atoms with van der Waals surface area (Å²) in [5.74, 6) is 0. The predicted octanol–water partition coefficient (Wildman–Crippen LogP) is 1.30. The van der Waals surface area contributed by atoms with Crippen molar-refractivity contribution in [2.24, 2.45) is 0 Å². The van der Waals surface area contributed by atoms with E-state index in [1.807, 2.05) is 0 Å². The van der Waals surface area contributed by atoms with Crippen LogP contribution in [0, 0.1) is 0 Å². The van der Waals surface area contributed by atoms with Gasteiger partial charge in [0.15, 0.2) is 0 Å². The monoisotopic (exact) mass is 182 g/mol. The van der Waals surface area contributed by atoms with Gasteiger partial charge in [-0.2, -0.15) is 0 Å². The third-order valence-electron chi connectivity index (χ3n) is 0.274. The molecule has 0 bridgehead atoms. The van der Waals surface area contributed by atoms with Crippen LogP contribution in [0.1, 0.15) is 0 Å². The van der Waals surface area contributed by atoms with E-state index < -0.39 is 8.32 Å². The van der Waals surface area contributed by atoms with E-state index in [-0.39, 0.29) is 0 Å². The van der Waals surface area contributed by atoms with Gasteiger partial charge in [0, 0.05) is 0 Å². The molecule has 0 unspecified atom stereocenters. The zero-order chi connectivity index (χ0) is 5.21. The Hall–Kier alpha value is 0.917. The molecule has 36 valence electrons. The molecule has 0 aliphatic carbocycles. The molecule has 0 radical (unpaired) electrons. The van der Waals surface area contributed by atoms with Gasteiger partial charge in [-0.05, 0) is 0 Å². The fourth-order valence-corrected chi connectivity index (χ4v) is 0. The van der Waals surface area contributed by atoms with Gasteiger partial charge >= 0.3 is 52.4 Å². The summed E-state index contributed by atoms with van der Waals surface area (Å²) in [6, 6.07) is 0. The fourth-order valence-electron chi connectivity index (χ4n) is 0. The Morgan fingerprint density at radius 3 is 1.50 bits per heavy atom. The third-order valence-corrected chi connectivity index (χ3v) is 4.86. The summed E-state index contributed by atoms with van der Waals surface area (Å²) in [4.78, 5) is 0. The van der Waals surface area contributed by atoms with Gasteiger partial charge in [0.2, 0.25) is 0 Å². The summed E-state index contributed by atoms with van der Waals surface area (Å²) in [6.07, 6.45) is 0. The molecule has 0 N–H and O–H groups in total. The average molecular weight is 182 g/mol. The molecular weight excluding hydrogens is 173 g/mol. The molecular formula is C3H9NbOSi. The Balaban J connectivity index is 3.17. The van der Waals surface area contributed by atoms with Crippen LogP contribution in [0.4, 0.5) is 0 Å². The molecule has 1 nitrogen and oxygen atoms in total. The molecule has 0 aliphatic heterocycles. The molecule has 0 spiro atoms.